The van der Waals surface area contributed by atoms with Crippen LogP contribution in [-0.2, 0) is 0 Å². The van der Waals surface area contributed by atoms with Crippen LogP contribution < -0.4 is 0 Å². The first-order valence-corrected chi connectivity index (χ1v) is 9.96. The van der Waals surface area contributed by atoms with Crippen LogP contribution in [0.1, 0.15) is 5.56 Å². The molecule has 0 aliphatic carbocycles. The second-order valence-corrected chi connectivity index (χ2v) is 7.75. The number of rotatable bonds is 4. The van der Waals surface area contributed by atoms with Gasteiger partial charge >= 0.3 is 0 Å². The van der Waals surface area contributed by atoms with Crippen LogP contribution in [0.25, 0.3) is 28.6 Å². The second kappa shape index (κ2) is 8.31. The Morgan fingerprint density at radius 1 is 1.00 bits per heavy atom. The van der Waals surface area contributed by atoms with Crippen molar-refractivity contribution in [3.05, 3.63) is 86.8 Å². The van der Waals surface area contributed by atoms with Crippen LogP contribution in [0.15, 0.2) is 80.6 Å². The van der Waals surface area contributed by atoms with Crippen molar-refractivity contribution in [2.75, 3.05) is 0 Å². The fraction of sp³-hybridized carbons (Fsp3) is 0. The van der Waals surface area contributed by atoms with E-state index in [0.29, 0.717) is 32.6 Å². The highest BCUT2D eigenvalue weighted by molar-refractivity contribution is 9.10. The average Bonchev–Trinajstić information content (AvgIpc) is 3.08. The predicted molar refractivity (Wildman–Crippen MR) is 121 cm³/mol. The summed E-state index contributed by atoms with van der Waals surface area (Å²) in [7, 11) is 0. The zero-order valence-electron chi connectivity index (χ0n) is 14.4. The summed E-state index contributed by atoms with van der Waals surface area (Å²) in [6.45, 7) is 0. The summed E-state index contributed by atoms with van der Waals surface area (Å²) >= 11 is 15.7. The van der Waals surface area contributed by atoms with Crippen LogP contribution >= 0.6 is 39.1 Å². The topological polar surface area (TPSA) is 38.4 Å². The van der Waals surface area contributed by atoms with Gasteiger partial charge in [-0.1, -0.05) is 57.3 Å². The molecule has 3 nitrogen and oxygen atoms in total. The van der Waals surface area contributed by atoms with E-state index in [1.165, 1.54) is 0 Å². The molecule has 0 saturated carbocycles. The standard InChI is InChI=1S/C22H13BrCl2N2O/c23-15-5-1-3-14(11-15)4-2-10-26-17-7-9-21-20(13-17)27-22(28-21)18-8-6-16(24)12-19(18)25/h1-13H. The molecule has 28 heavy (non-hydrogen) atoms. The molecule has 0 unspecified atom stereocenters. The van der Waals surface area contributed by atoms with Gasteiger partial charge in [0, 0.05) is 15.7 Å². The molecule has 0 bridgehead atoms. The third-order valence-corrected chi connectivity index (χ3v) is 5.02. The maximum absolute atomic E-state index is 6.25. The molecule has 0 fully saturated rings. The van der Waals surface area contributed by atoms with Gasteiger partial charge in [-0.15, -0.1) is 0 Å². The fourth-order valence-electron chi connectivity index (χ4n) is 2.67. The molecule has 0 spiro atoms. The van der Waals surface area contributed by atoms with Gasteiger partial charge in [0.2, 0.25) is 5.89 Å². The summed E-state index contributed by atoms with van der Waals surface area (Å²) in [5, 5.41) is 1.06. The average molecular weight is 472 g/mol. The van der Waals surface area contributed by atoms with Crippen LogP contribution in [-0.4, -0.2) is 11.2 Å². The number of aromatic nitrogens is 1. The molecule has 138 valence electrons. The highest BCUT2D eigenvalue weighted by atomic mass is 79.9. The minimum absolute atomic E-state index is 0.451. The number of oxazole rings is 1. The van der Waals surface area contributed by atoms with Crippen LogP contribution in [0.3, 0.4) is 0 Å². The zero-order chi connectivity index (χ0) is 19.5. The van der Waals surface area contributed by atoms with E-state index in [4.69, 9.17) is 27.6 Å². The summed E-state index contributed by atoms with van der Waals surface area (Å²) < 4.78 is 6.86. The number of allylic oxidation sites excluding steroid dienone is 1. The van der Waals surface area contributed by atoms with Gasteiger partial charge < -0.3 is 4.42 Å². The van der Waals surface area contributed by atoms with Crippen LogP contribution in [0.5, 0.6) is 0 Å². The van der Waals surface area contributed by atoms with Crippen molar-refractivity contribution in [2.45, 2.75) is 0 Å². The van der Waals surface area contributed by atoms with Crippen LogP contribution in [0, 0.1) is 0 Å². The molecule has 0 atom stereocenters. The fourth-order valence-corrected chi connectivity index (χ4v) is 3.57. The number of aliphatic imine (C=N–C) groups is 1. The van der Waals surface area contributed by atoms with Gasteiger partial charge in [-0.25, -0.2) is 4.98 Å². The highest BCUT2D eigenvalue weighted by Gasteiger charge is 2.12. The molecule has 1 aromatic heterocycles. The van der Waals surface area contributed by atoms with E-state index in [2.05, 4.69) is 25.9 Å². The molecule has 0 amide bonds. The lowest BCUT2D eigenvalue weighted by atomic mass is 10.2. The Kier molecular flexibility index (Phi) is 5.62. The van der Waals surface area contributed by atoms with Crippen molar-refractivity contribution in [3.63, 3.8) is 0 Å². The van der Waals surface area contributed by atoms with E-state index >= 15 is 0 Å². The Balaban J connectivity index is 1.56. The van der Waals surface area contributed by atoms with Gasteiger partial charge in [0.15, 0.2) is 5.58 Å². The molecule has 0 N–H and O–H groups in total. The van der Waals surface area contributed by atoms with Crippen molar-refractivity contribution < 1.29 is 4.42 Å². The lowest BCUT2D eigenvalue weighted by Crippen LogP contribution is -1.79. The van der Waals surface area contributed by atoms with Gasteiger partial charge in [0.1, 0.15) is 5.52 Å². The maximum atomic E-state index is 6.25. The van der Waals surface area contributed by atoms with Crippen molar-refractivity contribution in [1.29, 1.82) is 0 Å². The van der Waals surface area contributed by atoms with E-state index in [9.17, 15) is 0 Å². The van der Waals surface area contributed by atoms with E-state index in [1.54, 1.807) is 24.4 Å². The van der Waals surface area contributed by atoms with Crippen molar-refractivity contribution >= 4 is 68.2 Å². The molecular formula is C22H13BrCl2N2O. The smallest absolute Gasteiger partial charge is 0.228 e. The Morgan fingerprint density at radius 2 is 1.89 bits per heavy atom. The summed E-state index contributed by atoms with van der Waals surface area (Å²) in [4.78, 5) is 8.98. The lowest BCUT2D eigenvalue weighted by Gasteiger charge is -1.98. The molecule has 0 saturated heterocycles. The number of nitrogens with zero attached hydrogens (tertiary/aromatic N) is 2. The minimum Gasteiger partial charge on any atom is -0.436 e. The number of hydrogen-bond donors (Lipinski definition) is 0. The van der Waals surface area contributed by atoms with E-state index in [-0.39, 0.29) is 0 Å². The molecule has 0 aliphatic heterocycles. The number of benzene rings is 3. The minimum atomic E-state index is 0.451. The molecule has 4 aromatic rings. The highest BCUT2D eigenvalue weighted by Crippen LogP contribution is 2.32. The molecule has 0 aliphatic rings. The van der Waals surface area contributed by atoms with E-state index < -0.39 is 0 Å². The summed E-state index contributed by atoms with van der Waals surface area (Å²) in [5.74, 6) is 0.451. The summed E-state index contributed by atoms with van der Waals surface area (Å²) in [5.41, 5.74) is 3.96. The zero-order valence-corrected chi connectivity index (χ0v) is 17.5. The summed E-state index contributed by atoms with van der Waals surface area (Å²) in [6, 6.07) is 18.9. The first kappa shape index (κ1) is 18.9. The van der Waals surface area contributed by atoms with Crippen molar-refractivity contribution in [1.82, 2.24) is 4.98 Å². The molecule has 0 radical (unpaired) electrons. The molecule has 6 heteroatoms. The molecule has 3 aromatic carbocycles. The Labute approximate surface area is 180 Å². The molecular weight excluding hydrogens is 459 g/mol. The van der Waals surface area contributed by atoms with Gasteiger partial charge in [-0.05, 0) is 60.2 Å². The first-order valence-electron chi connectivity index (χ1n) is 8.41. The number of hydrogen-bond acceptors (Lipinski definition) is 3. The van der Waals surface area contributed by atoms with Gasteiger partial charge in [0.05, 0.1) is 16.3 Å². The lowest BCUT2D eigenvalue weighted by molar-refractivity contribution is 0.620. The monoisotopic (exact) mass is 470 g/mol. The van der Waals surface area contributed by atoms with E-state index in [0.717, 1.165) is 15.7 Å². The molecule has 4 rings (SSSR count). The van der Waals surface area contributed by atoms with Crippen molar-refractivity contribution in [2.24, 2.45) is 4.99 Å². The van der Waals surface area contributed by atoms with Crippen LogP contribution in [0.2, 0.25) is 10.0 Å². The largest absolute Gasteiger partial charge is 0.436 e. The van der Waals surface area contributed by atoms with Crippen molar-refractivity contribution in [3.8, 4) is 11.5 Å². The third-order valence-electron chi connectivity index (χ3n) is 3.98. The maximum Gasteiger partial charge on any atom is 0.228 e. The molecule has 1 heterocycles. The van der Waals surface area contributed by atoms with Crippen LogP contribution in [0.4, 0.5) is 5.69 Å². The summed E-state index contributed by atoms with van der Waals surface area (Å²) in [6.07, 6.45) is 5.64. The normalized spacial score (nSPS) is 11.8. The van der Waals surface area contributed by atoms with Gasteiger partial charge in [-0.2, -0.15) is 0 Å². The Hall–Kier alpha value is -2.40. The Bertz CT molecular complexity index is 1210. The predicted octanol–water partition coefficient (Wildman–Crippen LogP) is 7.98. The second-order valence-electron chi connectivity index (χ2n) is 5.99. The SMILES string of the molecule is Clc1ccc(-c2nc3cc(N=CC=Cc4cccc(Br)c4)ccc3o2)c(Cl)c1. The van der Waals surface area contributed by atoms with Gasteiger partial charge in [-0.3, -0.25) is 4.99 Å². The Morgan fingerprint density at radius 3 is 2.71 bits per heavy atom. The third kappa shape index (κ3) is 4.36. The number of halogens is 3. The van der Waals surface area contributed by atoms with Gasteiger partial charge in [0.25, 0.3) is 0 Å². The van der Waals surface area contributed by atoms with E-state index in [1.807, 2.05) is 54.6 Å². The first-order chi connectivity index (χ1) is 13.6. The number of fused-ring (bicyclic) bond motifs is 1. The quantitative estimate of drug-likeness (QED) is 0.283.